The van der Waals surface area contributed by atoms with Gasteiger partial charge in [-0.3, -0.25) is 0 Å². The first kappa shape index (κ1) is 15.8. The largest absolute Gasteiger partial charge is 0.375 e. The highest BCUT2D eigenvalue weighted by atomic mass is 16.5. The van der Waals surface area contributed by atoms with E-state index < -0.39 is 0 Å². The summed E-state index contributed by atoms with van der Waals surface area (Å²) < 4.78 is 11.2. The number of rotatable bonds is 4. The molecule has 128 valence electrons. The number of hydrogen-bond donors (Lipinski definition) is 1. The van der Waals surface area contributed by atoms with Gasteiger partial charge in [0.05, 0.1) is 19.1 Å². The van der Waals surface area contributed by atoms with Gasteiger partial charge in [0, 0.05) is 19.0 Å². The van der Waals surface area contributed by atoms with Crippen molar-refractivity contribution < 1.29 is 9.26 Å². The van der Waals surface area contributed by atoms with Crippen molar-refractivity contribution >= 4 is 0 Å². The Kier molecular flexibility index (Phi) is 4.90. The van der Waals surface area contributed by atoms with E-state index in [-0.39, 0.29) is 6.10 Å². The molecule has 2 fully saturated rings. The molecule has 5 nitrogen and oxygen atoms in total. The van der Waals surface area contributed by atoms with Crippen molar-refractivity contribution in [3.63, 3.8) is 0 Å². The fourth-order valence-corrected chi connectivity index (χ4v) is 3.87. The van der Waals surface area contributed by atoms with Crippen LogP contribution >= 0.6 is 0 Å². The maximum Gasteiger partial charge on any atom is 0.229 e. The molecule has 1 aliphatic heterocycles. The molecule has 1 aliphatic carbocycles. The molecule has 1 saturated heterocycles. The van der Waals surface area contributed by atoms with Crippen LogP contribution in [0.15, 0.2) is 34.9 Å². The maximum atomic E-state index is 5.71. The molecule has 1 aromatic carbocycles. The van der Waals surface area contributed by atoms with E-state index in [9.17, 15) is 0 Å². The van der Waals surface area contributed by atoms with E-state index in [1.165, 1.54) is 18.4 Å². The van der Waals surface area contributed by atoms with Crippen LogP contribution in [0.2, 0.25) is 0 Å². The number of benzene rings is 1. The third kappa shape index (κ3) is 3.68. The van der Waals surface area contributed by atoms with Crippen LogP contribution in [0.25, 0.3) is 0 Å². The lowest BCUT2D eigenvalue weighted by molar-refractivity contribution is 0.0246. The van der Waals surface area contributed by atoms with Gasteiger partial charge in [0.25, 0.3) is 0 Å². The highest BCUT2D eigenvalue weighted by Gasteiger charge is 2.27. The molecule has 1 atom stereocenters. The van der Waals surface area contributed by atoms with Gasteiger partial charge in [-0.2, -0.15) is 4.98 Å². The van der Waals surface area contributed by atoms with Crippen molar-refractivity contribution in [1.29, 1.82) is 0 Å². The predicted octanol–water partition coefficient (Wildman–Crippen LogP) is 3.04. The molecule has 1 saturated carbocycles. The summed E-state index contributed by atoms with van der Waals surface area (Å²) in [4.78, 5) is 4.64. The first-order chi connectivity index (χ1) is 11.9. The fourth-order valence-electron chi connectivity index (χ4n) is 3.87. The van der Waals surface area contributed by atoms with E-state index in [4.69, 9.17) is 9.26 Å². The van der Waals surface area contributed by atoms with Crippen LogP contribution in [-0.4, -0.2) is 35.9 Å². The highest BCUT2D eigenvalue weighted by molar-refractivity contribution is 5.20. The Morgan fingerprint density at radius 1 is 1.04 bits per heavy atom. The lowest BCUT2D eigenvalue weighted by Gasteiger charge is -2.27. The molecule has 0 amide bonds. The van der Waals surface area contributed by atoms with E-state index in [1.807, 2.05) is 0 Å². The van der Waals surface area contributed by atoms with E-state index in [2.05, 4.69) is 45.8 Å². The van der Waals surface area contributed by atoms with E-state index in [1.54, 1.807) is 0 Å². The molecule has 2 aromatic rings. The Morgan fingerprint density at radius 3 is 2.58 bits per heavy atom. The van der Waals surface area contributed by atoms with Gasteiger partial charge in [0.1, 0.15) is 0 Å². The van der Waals surface area contributed by atoms with Crippen LogP contribution in [0.1, 0.15) is 54.8 Å². The summed E-state index contributed by atoms with van der Waals surface area (Å²) in [7, 11) is 0. The SMILES string of the molecule is c1ccc(C2CCC(c3noc(CC4CNCCO4)n3)CC2)cc1. The monoisotopic (exact) mass is 327 g/mol. The number of morpholine rings is 1. The zero-order chi connectivity index (χ0) is 16.2. The topological polar surface area (TPSA) is 60.2 Å². The van der Waals surface area contributed by atoms with Crippen molar-refractivity contribution in [2.24, 2.45) is 0 Å². The minimum absolute atomic E-state index is 0.154. The quantitative estimate of drug-likeness (QED) is 0.935. The molecule has 24 heavy (non-hydrogen) atoms. The molecule has 4 rings (SSSR count). The van der Waals surface area contributed by atoms with Crippen LogP contribution in [-0.2, 0) is 11.2 Å². The van der Waals surface area contributed by atoms with Gasteiger partial charge in [-0.15, -0.1) is 0 Å². The average molecular weight is 327 g/mol. The van der Waals surface area contributed by atoms with Gasteiger partial charge in [-0.25, -0.2) is 0 Å². The molecule has 0 radical (unpaired) electrons. The molecule has 0 bridgehead atoms. The third-order valence-corrected chi connectivity index (χ3v) is 5.25. The first-order valence-electron chi connectivity index (χ1n) is 9.08. The summed E-state index contributed by atoms with van der Waals surface area (Å²) in [5.41, 5.74) is 1.46. The first-order valence-corrected chi connectivity index (χ1v) is 9.08. The zero-order valence-electron chi connectivity index (χ0n) is 14.0. The van der Waals surface area contributed by atoms with Gasteiger partial charge in [0.2, 0.25) is 5.89 Å². The minimum Gasteiger partial charge on any atom is -0.375 e. The highest BCUT2D eigenvalue weighted by Crippen LogP contribution is 2.39. The Morgan fingerprint density at radius 2 is 1.83 bits per heavy atom. The van der Waals surface area contributed by atoms with E-state index >= 15 is 0 Å². The average Bonchev–Trinajstić information content (AvgIpc) is 3.12. The van der Waals surface area contributed by atoms with Gasteiger partial charge in [-0.1, -0.05) is 35.5 Å². The molecule has 2 heterocycles. The van der Waals surface area contributed by atoms with Crippen molar-refractivity contribution in [3.05, 3.63) is 47.6 Å². The van der Waals surface area contributed by atoms with Gasteiger partial charge >= 0.3 is 0 Å². The second-order valence-electron chi connectivity index (χ2n) is 6.91. The number of aromatic nitrogens is 2. The van der Waals surface area contributed by atoms with Crippen molar-refractivity contribution in [2.45, 2.75) is 50.0 Å². The molecular weight excluding hydrogens is 302 g/mol. The van der Waals surface area contributed by atoms with E-state index in [0.717, 1.165) is 38.4 Å². The second-order valence-corrected chi connectivity index (χ2v) is 6.91. The Balaban J connectivity index is 1.32. The Labute approximate surface area is 142 Å². The number of ether oxygens (including phenoxy) is 1. The van der Waals surface area contributed by atoms with Crippen LogP contribution in [0.5, 0.6) is 0 Å². The van der Waals surface area contributed by atoms with Crippen LogP contribution < -0.4 is 5.32 Å². The Bertz CT molecular complexity index is 629. The van der Waals surface area contributed by atoms with Crippen molar-refractivity contribution in [2.75, 3.05) is 19.7 Å². The molecule has 1 unspecified atom stereocenters. The van der Waals surface area contributed by atoms with Gasteiger partial charge < -0.3 is 14.6 Å². The predicted molar refractivity (Wildman–Crippen MR) is 91.0 cm³/mol. The summed E-state index contributed by atoms with van der Waals surface area (Å²) in [6.07, 6.45) is 5.54. The van der Waals surface area contributed by atoms with Crippen molar-refractivity contribution in [1.82, 2.24) is 15.5 Å². The standard InChI is InChI=1S/C19H25N3O2/c1-2-4-14(5-3-1)15-6-8-16(9-7-15)19-21-18(24-22-19)12-17-13-20-10-11-23-17/h1-5,15-17,20H,6-13H2. The van der Waals surface area contributed by atoms with Gasteiger partial charge in [-0.05, 0) is 37.2 Å². The normalized spacial score (nSPS) is 27.9. The number of nitrogens with one attached hydrogen (secondary N) is 1. The minimum atomic E-state index is 0.154. The smallest absolute Gasteiger partial charge is 0.229 e. The molecule has 0 spiro atoms. The lowest BCUT2D eigenvalue weighted by Crippen LogP contribution is -2.39. The molecular formula is C19H25N3O2. The Hall–Kier alpha value is -1.72. The second kappa shape index (κ2) is 7.45. The van der Waals surface area contributed by atoms with Crippen LogP contribution in [0, 0.1) is 0 Å². The molecule has 2 aliphatic rings. The zero-order valence-corrected chi connectivity index (χ0v) is 14.0. The van der Waals surface area contributed by atoms with Crippen molar-refractivity contribution in [3.8, 4) is 0 Å². The summed E-state index contributed by atoms with van der Waals surface area (Å²) in [5, 5.41) is 7.57. The molecule has 5 heteroatoms. The van der Waals surface area contributed by atoms with E-state index in [0.29, 0.717) is 24.1 Å². The molecule has 1 N–H and O–H groups in total. The summed E-state index contributed by atoms with van der Waals surface area (Å²) in [6.45, 7) is 2.55. The number of nitrogens with zero attached hydrogens (tertiary/aromatic N) is 2. The third-order valence-electron chi connectivity index (χ3n) is 5.25. The van der Waals surface area contributed by atoms with Crippen LogP contribution in [0.4, 0.5) is 0 Å². The maximum absolute atomic E-state index is 5.71. The van der Waals surface area contributed by atoms with Gasteiger partial charge in [0.15, 0.2) is 5.82 Å². The summed E-state index contributed by atoms with van der Waals surface area (Å²) >= 11 is 0. The fraction of sp³-hybridized carbons (Fsp3) is 0.579. The molecule has 1 aromatic heterocycles. The summed E-state index contributed by atoms with van der Waals surface area (Å²) in [6, 6.07) is 10.8. The lowest BCUT2D eigenvalue weighted by atomic mass is 9.78. The summed E-state index contributed by atoms with van der Waals surface area (Å²) in [5.74, 6) is 2.72. The van der Waals surface area contributed by atoms with Crippen LogP contribution in [0.3, 0.4) is 0 Å². The number of hydrogen-bond acceptors (Lipinski definition) is 5.